The second kappa shape index (κ2) is 6.74. The third-order valence-corrected chi connectivity index (χ3v) is 2.59. The first-order chi connectivity index (χ1) is 8.54. The maximum absolute atomic E-state index is 11.7. The van der Waals surface area contributed by atoms with Crippen LogP contribution in [0, 0.1) is 10.1 Å². The minimum absolute atomic E-state index is 0.0365. The van der Waals surface area contributed by atoms with Crippen LogP contribution in [0.5, 0.6) is 0 Å². The van der Waals surface area contributed by atoms with Crippen LogP contribution in [-0.2, 0) is 4.74 Å². The molecule has 0 N–H and O–H groups in total. The second-order valence-electron chi connectivity index (χ2n) is 4.16. The van der Waals surface area contributed by atoms with Gasteiger partial charge in [0.15, 0.2) is 0 Å². The maximum atomic E-state index is 11.7. The summed E-state index contributed by atoms with van der Waals surface area (Å²) < 4.78 is 5.23. The minimum Gasteiger partial charge on any atom is -0.459 e. The van der Waals surface area contributed by atoms with Gasteiger partial charge in [0.2, 0.25) is 0 Å². The number of carbonyl (C=O) groups excluding carboxylic acids is 1. The fourth-order valence-electron chi connectivity index (χ4n) is 1.52. The molecular formula is C13H17NO4. The van der Waals surface area contributed by atoms with Gasteiger partial charge in [-0.2, -0.15) is 0 Å². The van der Waals surface area contributed by atoms with E-state index in [-0.39, 0.29) is 11.8 Å². The molecule has 5 nitrogen and oxygen atoms in total. The van der Waals surface area contributed by atoms with E-state index in [0.29, 0.717) is 5.56 Å². The molecule has 0 radical (unpaired) electrons. The van der Waals surface area contributed by atoms with Crippen molar-refractivity contribution < 1.29 is 14.5 Å². The van der Waals surface area contributed by atoms with E-state index < -0.39 is 10.9 Å². The molecule has 1 aromatic rings. The van der Waals surface area contributed by atoms with Crippen molar-refractivity contribution in [3.05, 3.63) is 39.9 Å². The zero-order chi connectivity index (χ0) is 13.5. The molecule has 0 aromatic heterocycles. The summed E-state index contributed by atoms with van der Waals surface area (Å²) in [6.45, 7) is 3.92. The van der Waals surface area contributed by atoms with Gasteiger partial charge in [-0.3, -0.25) is 10.1 Å². The molecule has 0 aliphatic heterocycles. The number of hydrogen-bond acceptors (Lipinski definition) is 4. The molecule has 0 aliphatic carbocycles. The highest BCUT2D eigenvalue weighted by atomic mass is 16.6. The van der Waals surface area contributed by atoms with Crippen LogP contribution in [-0.4, -0.2) is 17.0 Å². The number of rotatable bonds is 6. The van der Waals surface area contributed by atoms with E-state index in [0.717, 1.165) is 19.3 Å². The zero-order valence-electron chi connectivity index (χ0n) is 10.6. The van der Waals surface area contributed by atoms with E-state index in [1.165, 1.54) is 24.3 Å². The van der Waals surface area contributed by atoms with Gasteiger partial charge in [-0.25, -0.2) is 4.79 Å². The number of hydrogen-bond donors (Lipinski definition) is 0. The van der Waals surface area contributed by atoms with Gasteiger partial charge >= 0.3 is 5.97 Å². The first kappa shape index (κ1) is 14.2. The number of esters is 1. The molecule has 18 heavy (non-hydrogen) atoms. The number of nitrogens with zero attached hydrogens (tertiary/aromatic N) is 1. The summed E-state index contributed by atoms with van der Waals surface area (Å²) >= 11 is 0. The first-order valence-corrected chi connectivity index (χ1v) is 6.00. The third-order valence-electron chi connectivity index (χ3n) is 2.59. The fraction of sp³-hybridized carbons (Fsp3) is 0.462. The average Bonchev–Trinajstić information content (AvgIpc) is 2.36. The number of benzene rings is 1. The highest BCUT2D eigenvalue weighted by Crippen LogP contribution is 2.14. The highest BCUT2D eigenvalue weighted by Gasteiger charge is 2.13. The molecule has 1 unspecified atom stereocenters. The molecule has 0 fully saturated rings. The standard InChI is InChI=1S/C13H17NO4/c1-3-4-5-10(2)18-13(15)11-6-8-12(9-7-11)14(16)17/h6-10H,3-5H2,1-2H3. The smallest absolute Gasteiger partial charge is 0.338 e. The topological polar surface area (TPSA) is 69.4 Å². The van der Waals surface area contributed by atoms with E-state index in [1.54, 1.807) is 0 Å². The van der Waals surface area contributed by atoms with Crippen molar-refractivity contribution in [1.29, 1.82) is 0 Å². The molecule has 0 bridgehead atoms. The monoisotopic (exact) mass is 251 g/mol. The maximum Gasteiger partial charge on any atom is 0.338 e. The van der Waals surface area contributed by atoms with Crippen molar-refractivity contribution in [2.24, 2.45) is 0 Å². The Balaban J connectivity index is 2.58. The molecule has 98 valence electrons. The van der Waals surface area contributed by atoms with Crippen molar-refractivity contribution in [3.63, 3.8) is 0 Å². The lowest BCUT2D eigenvalue weighted by molar-refractivity contribution is -0.384. The minimum atomic E-state index is -0.501. The van der Waals surface area contributed by atoms with Gasteiger partial charge in [-0.1, -0.05) is 19.8 Å². The molecule has 0 spiro atoms. The van der Waals surface area contributed by atoms with Crippen molar-refractivity contribution in [2.75, 3.05) is 0 Å². The Morgan fingerprint density at radius 2 is 2.00 bits per heavy atom. The molecule has 1 aromatic carbocycles. The normalized spacial score (nSPS) is 11.9. The third kappa shape index (κ3) is 4.16. The SMILES string of the molecule is CCCCC(C)OC(=O)c1ccc([N+](=O)[O-])cc1. The van der Waals surface area contributed by atoms with E-state index >= 15 is 0 Å². The Labute approximate surface area is 106 Å². The number of unbranched alkanes of at least 4 members (excludes halogenated alkanes) is 1. The summed E-state index contributed by atoms with van der Waals surface area (Å²) in [4.78, 5) is 21.7. The molecule has 5 heteroatoms. The predicted octanol–water partition coefficient (Wildman–Crippen LogP) is 3.33. The highest BCUT2D eigenvalue weighted by molar-refractivity contribution is 5.89. The summed E-state index contributed by atoms with van der Waals surface area (Å²) in [5.41, 5.74) is 0.300. The number of non-ortho nitro benzene ring substituents is 1. The van der Waals surface area contributed by atoms with Crippen LogP contribution >= 0.6 is 0 Å². The molecular weight excluding hydrogens is 234 g/mol. The number of carbonyl (C=O) groups is 1. The summed E-state index contributed by atoms with van der Waals surface area (Å²) in [6, 6.07) is 5.42. The number of nitro groups is 1. The van der Waals surface area contributed by atoms with E-state index in [1.807, 2.05) is 6.92 Å². The average molecular weight is 251 g/mol. The number of nitro benzene ring substituents is 1. The molecule has 0 saturated heterocycles. The first-order valence-electron chi connectivity index (χ1n) is 6.00. The van der Waals surface area contributed by atoms with Crippen LogP contribution < -0.4 is 0 Å². The second-order valence-corrected chi connectivity index (χ2v) is 4.16. The van der Waals surface area contributed by atoms with Crippen LogP contribution in [0.15, 0.2) is 24.3 Å². The Hall–Kier alpha value is -1.91. The lowest BCUT2D eigenvalue weighted by atomic mass is 10.2. The lowest BCUT2D eigenvalue weighted by Gasteiger charge is -2.12. The van der Waals surface area contributed by atoms with Gasteiger partial charge in [0.05, 0.1) is 16.6 Å². The van der Waals surface area contributed by atoms with Gasteiger partial charge in [0.25, 0.3) is 5.69 Å². The summed E-state index contributed by atoms with van der Waals surface area (Å²) in [5.74, 6) is -0.437. The summed E-state index contributed by atoms with van der Waals surface area (Å²) in [6.07, 6.45) is 2.76. The van der Waals surface area contributed by atoms with Crippen LogP contribution in [0.1, 0.15) is 43.5 Å². The molecule has 0 saturated carbocycles. The van der Waals surface area contributed by atoms with E-state index in [2.05, 4.69) is 6.92 Å². The van der Waals surface area contributed by atoms with Crippen LogP contribution in [0.25, 0.3) is 0 Å². The van der Waals surface area contributed by atoms with Crippen molar-refractivity contribution in [2.45, 2.75) is 39.2 Å². The van der Waals surface area contributed by atoms with Gasteiger partial charge in [-0.05, 0) is 25.5 Å². The van der Waals surface area contributed by atoms with Gasteiger partial charge in [0.1, 0.15) is 0 Å². The number of ether oxygens (including phenoxy) is 1. The molecule has 0 amide bonds. The van der Waals surface area contributed by atoms with Crippen LogP contribution in [0.3, 0.4) is 0 Å². The Morgan fingerprint density at radius 3 is 2.50 bits per heavy atom. The van der Waals surface area contributed by atoms with Crippen LogP contribution in [0.4, 0.5) is 5.69 Å². The van der Waals surface area contributed by atoms with E-state index in [4.69, 9.17) is 4.74 Å². The van der Waals surface area contributed by atoms with Gasteiger partial charge in [0, 0.05) is 12.1 Å². The Kier molecular flexibility index (Phi) is 5.30. The summed E-state index contributed by atoms with van der Waals surface area (Å²) in [5, 5.41) is 10.5. The Morgan fingerprint density at radius 1 is 1.39 bits per heavy atom. The summed E-state index contributed by atoms with van der Waals surface area (Å²) in [7, 11) is 0. The lowest BCUT2D eigenvalue weighted by Crippen LogP contribution is -2.14. The Bertz CT molecular complexity index is 414. The quantitative estimate of drug-likeness (QED) is 0.441. The van der Waals surface area contributed by atoms with Crippen LogP contribution in [0.2, 0.25) is 0 Å². The van der Waals surface area contributed by atoms with Gasteiger partial charge in [-0.15, -0.1) is 0 Å². The largest absolute Gasteiger partial charge is 0.459 e. The molecule has 0 heterocycles. The molecule has 0 aliphatic rings. The van der Waals surface area contributed by atoms with E-state index in [9.17, 15) is 14.9 Å². The van der Waals surface area contributed by atoms with Crippen molar-refractivity contribution >= 4 is 11.7 Å². The van der Waals surface area contributed by atoms with Crippen molar-refractivity contribution in [1.82, 2.24) is 0 Å². The van der Waals surface area contributed by atoms with Crippen molar-refractivity contribution in [3.8, 4) is 0 Å². The fourth-order valence-corrected chi connectivity index (χ4v) is 1.52. The zero-order valence-corrected chi connectivity index (χ0v) is 10.6. The molecule has 1 atom stereocenters. The predicted molar refractivity (Wildman–Crippen MR) is 67.5 cm³/mol. The molecule has 1 rings (SSSR count). The van der Waals surface area contributed by atoms with Gasteiger partial charge < -0.3 is 4.74 Å².